The monoisotopic (exact) mass is 291 g/mol. The quantitative estimate of drug-likeness (QED) is 0.848. The zero-order chi connectivity index (χ0) is 13.8. The van der Waals surface area contributed by atoms with Gasteiger partial charge in [-0.3, -0.25) is 9.88 Å². The second kappa shape index (κ2) is 6.92. The van der Waals surface area contributed by atoms with E-state index < -0.39 is 0 Å². The first kappa shape index (κ1) is 14.4. The van der Waals surface area contributed by atoms with Crippen molar-refractivity contribution in [1.29, 1.82) is 0 Å². The number of rotatable bonds is 4. The molecule has 4 heteroatoms. The first-order valence-corrected chi connectivity index (χ1v) is 8.93. The largest absolute Gasteiger partial charge is 0.300 e. The summed E-state index contributed by atoms with van der Waals surface area (Å²) >= 11 is 2.13. The first-order valence-electron chi connectivity index (χ1n) is 7.78. The molecule has 3 rings (SSSR count). The molecule has 110 valence electrons. The van der Waals surface area contributed by atoms with Gasteiger partial charge in [-0.15, -0.1) is 0 Å². The molecule has 1 aromatic rings. The van der Waals surface area contributed by atoms with E-state index >= 15 is 0 Å². The normalized spacial score (nSPS) is 26.8. The predicted octanol–water partition coefficient (Wildman–Crippen LogP) is 2.51. The highest BCUT2D eigenvalue weighted by atomic mass is 32.2. The minimum atomic E-state index is 0.445. The highest BCUT2D eigenvalue weighted by Crippen LogP contribution is 2.25. The summed E-state index contributed by atoms with van der Waals surface area (Å²) < 4.78 is 0. The summed E-state index contributed by atoms with van der Waals surface area (Å²) in [6, 6.07) is 6.67. The number of aromatic nitrogens is 1. The lowest BCUT2D eigenvalue weighted by Gasteiger charge is -2.38. The van der Waals surface area contributed by atoms with E-state index in [9.17, 15) is 0 Å². The Balaban J connectivity index is 1.48. The van der Waals surface area contributed by atoms with Crippen LogP contribution in [0.1, 0.15) is 25.1 Å². The molecule has 0 radical (unpaired) electrons. The Labute approximate surface area is 126 Å². The summed E-state index contributed by atoms with van der Waals surface area (Å²) in [5, 5.41) is 0. The van der Waals surface area contributed by atoms with E-state index in [-0.39, 0.29) is 0 Å². The van der Waals surface area contributed by atoms with Gasteiger partial charge in [-0.05, 0) is 42.9 Å². The van der Waals surface area contributed by atoms with E-state index in [4.69, 9.17) is 0 Å². The maximum absolute atomic E-state index is 4.50. The third kappa shape index (κ3) is 3.54. The van der Waals surface area contributed by atoms with Crippen molar-refractivity contribution in [2.24, 2.45) is 5.92 Å². The number of hydrogen-bond acceptors (Lipinski definition) is 4. The molecule has 0 N–H and O–H groups in total. The second-order valence-electron chi connectivity index (χ2n) is 6.00. The van der Waals surface area contributed by atoms with E-state index in [2.05, 4.69) is 45.6 Å². The van der Waals surface area contributed by atoms with Crippen LogP contribution in [0.5, 0.6) is 0 Å². The Hall–Kier alpha value is -0.580. The molecule has 0 unspecified atom stereocenters. The van der Waals surface area contributed by atoms with Gasteiger partial charge in [0.1, 0.15) is 0 Å². The van der Waals surface area contributed by atoms with Gasteiger partial charge in [-0.2, -0.15) is 11.8 Å². The fraction of sp³-hybridized carbons (Fsp3) is 0.688. The number of piperazine rings is 1. The van der Waals surface area contributed by atoms with Crippen molar-refractivity contribution in [1.82, 2.24) is 14.8 Å². The SMILES string of the molecule is C[C@H](c1ccccn1)N1CCN(C[C@H]2CCSC2)CC1. The lowest BCUT2D eigenvalue weighted by Crippen LogP contribution is -2.48. The van der Waals surface area contributed by atoms with Crippen molar-refractivity contribution >= 4 is 11.8 Å². The molecule has 2 aliphatic heterocycles. The number of hydrogen-bond donors (Lipinski definition) is 0. The van der Waals surface area contributed by atoms with Gasteiger partial charge in [-0.25, -0.2) is 0 Å². The van der Waals surface area contributed by atoms with Crippen molar-refractivity contribution in [3.05, 3.63) is 30.1 Å². The van der Waals surface area contributed by atoms with E-state index in [1.54, 1.807) is 0 Å². The predicted molar refractivity (Wildman–Crippen MR) is 86.1 cm³/mol. The zero-order valence-electron chi connectivity index (χ0n) is 12.4. The summed E-state index contributed by atoms with van der Waals surface area (Å²) in [4.78, 5) is 9.73. The summed E-state index contributed by atoms with van der Waals surface area (Å²) in [5.41, 5.74) is 1.20. The molecule has 20 heavy (non-hydrogen) atoms. The molecule has 2 saturated heterocycles. The van der Waals surface area contributed by atoms with E-state index in [1.165, 1.54) is 56.3 Å². The summed E-state index contributed by atoms with van der Waals surface area (Å²) in [5.74, 6) is 3.70. The van der Waals surface area contributed by atoms with Gasteiger partial charge in [0.25, 0.3) is 0 Å². The van der Waals surface area contributed by atoms with Gasteiger partial charge in [0, 0.05) is 45.0 Å². The minimum absolute atomic E-state index is 0.445. The summed E-state index contributed by atoms with van der Waals surface area (Å²) in [7, 11) is 0. The van der Waals surface area contributed by atoms with Crippen molar-refractivity contribution in [3.63, 3.8) is 0 Å². The second-order valence-corrected chi connectivity index (χ2v) is 7.15. The molecule has 0 saturated carbocycles. The fourth-order valence-corrected chi connectivity index (χ4v) is 4.51. The third-order valence-corrected chi connectivity index (χ3v) is 5.84. The molecule has 1 aromatic heterocycles. The fourth-order valence-electron chi connectivity index (χ4n) is 3.24. The molecule has 2 fully saturated rings. The molecule has 3 heterocycles. The van der Waals surface area contributed by atoms with Crippen molar-refractivity contribution in [2.75, 3.05) is 44.2 Å². The summed E-state index contributed by atoms with van der Waals surface area (Å²) in [6.45, 7) is 8.40. The van der Waals surface area contributed by atoms with Crippen molar-refractivity contribution in [2.45, 2.75) is 19.4 Å². The molecule has 2 aliphatic rings. The van der Waals surface area contributed by atoms with Gasteiger partial charge >= 0.3 is 0 Å². The maximum Gasteiger partial charge on any atom is 0.0572 e. The molecular weight excluding hydrogens is 266 g/mol. The Morgan fingerprint density at radius 1 is 1.30 bits per heavy atom. The van der Waals surface area contributed by atoms with Crippen LogP contribution in [0.25, 0.3) is 0 Å². The lowest BCUT2D eigenvalue weighted by atomic mass is 10.1. The average molecular weight is 291 g/mol. The topological polar surface area (TPSA) is 19.4 Å². The Morgan fingerprint density at radius 3 is 2.80 bits per heavy atom. The van der Waals surface area contributed by atoms with Crippen LogP contribution in [0.15, 0.2) is 24.4 Å². The first-order chi connectivity index (χ1) is 9.83. The molecule has 2 atom stereocenters. The van der Waals surface area contributed by atoms with E-state index in [1.807, 2.05) is 12.3 Å². The van der Waals surface area contributed by atoms with Crippen LogP contribution in [0.3, 0.4) is 0 Å². The van der Waals surface area contributed by atoms with Gasteiger partial charge in [0.05, 0.1) is 5.69 Å². The standard InChI is InChI=1S/C16H25N3S/c1-14(16-4-2-3-6-17-16)19-9-7-18(8-10-19)12-15-5-11-20-13-15/h2-4,6,14-15H,5,7-13H2,1H3/t14-,15-/m1/s1. The van der Waals surface area contributed by atoms with Crippen LogP contribution < -0.4 is 0 Å². The average Bonchev–Trinajstić information content (AvgIpc) is 3.01. The van der Waals surface area contributed by atoms with E-state index in [0.29, 0.717) is 6.04 Å². The Morgan fingerprint density at radius 2 is 2.15 bits per heavy atom. The highest BCUT2D eigenvalue weighted by molar-refractivity contribution is 7.99. The smallest absolute Gasteiger partial charge is 0.0572 e. The molecule has 0 aromatic carbocycles. The maximum atomic E-state index is 4.50. The minimum Gasteiger partial charge on any atom is -0.300 e. The number of pyridine rings is 1. The van der Waals surface area contributed by atoms with Crippen LogP contribution in [0, 0.1) is 5.92 Å². The Kier molecular flexibility index (Phi) is 4.97. The highest BCUT2D eigenvalue weighted by Gasteiger charge is 2.25. The van der Waals surface area contributed by atoms with E-state index in [0.717, 1.165) is 5.92 Å². The molecule has 0 amide bonds. The molecule has 3 nitrogen and oxygen atoms in total. The zero-order valence-corrected chi connectivity index (χ0v) is 13.2. The summed E-state index contributed by atoms with van der Waals surface area (Å²) in [6.07, 6.45) is 3.33. The molecular formula is C16H25N3S. The van der Waals surface area contributed by atoms with Crippen molar-refractivity contribution in [3.8, 4) is 0 Å². The van der Waals surface area contributed by atoms with Gasteiger partial charge in [-0.1, -0.05) is 6.07 Å². The molecule has 0 bridgehead atoms. The number of nitrogens with zero attached hydrogens (tertiary/aromatic N) is 3. The van der Waals surface area contributed by atoms with Gasteiger partial charge in [0.15, 0.2) is 0 Å². The third-order valence-electron chi connectivity index (χ3n) is 4.61. The Bertz CT molecular complexity index is 397. The lowest BCUT2D eigenvalue weighted by molar-refractivity contribution is 0.0923. The van der Waals surface area contributed by atoms with Gasteiger partial charge in [0.2, 0.25) is 0 Å². The van der Waals surface area contributed by atoms with Crippen LogP contribution in [-0.4, -0.2) is 59.0 Å². The van der Waals surface area contributed by atoms with Crippen LogP contribution in [-0.2, 0) is 0 Å². The number of thioether (sulfide) groups is 1. The van der Waals surface area contributed by atoms with Crippen molar-refractivity contribution < 1.29 is 0 Å². The molecule has 0 spiro atoms. The van der Waals surface area contributed by atoms with Gasteiger partial charge < -0.3 is 4.90 Å². The molecule has 0 aliphatic carbocycles. The van der Waals surface area contributed by atoms with Crippen LogP contribution in [0.4, 0.5) is 0 Å². The van der Waals surface area contributed by atoms with Crippen LogP contribution in [0.2, 0.25) is 0 Å². The van der Waals surface area contributed by atoms with Crippen LogP contribution >= 0.6 is 11.8 Å².